The molecule has 100 valence electrons. The highest BCUT2D eigenvalue weighted by Gasteiger charge is 2.13. The number of halogens is 2. The van der Waals surface area contributed by atoms with Crippen molar-refractivity contribution < 1.29 is 19.0 Å². The fourth-order valence-electron chi connectivity index (χ4n) is 1.68. The van der Waals surface area contributed by atoms with Crippen molar-refractivity contribution in [2.45, 2.75) is 6.61 Å². The minimum atomic E-state index is -0.506. The van der Waals surface area contributed by atoms with Crippen LogP contribution in [0, 0.1) is 5.82 Å². The van der Waals surface area contributed by atoms with E-state index < -0.39 is 5.82 Å². The summed E-state index contributed by atoms with van der Waals surface area (Å²) in [6, 6.07) is 9.04. The molecule has 5 heteroatoms. The molecule has 0 aromatic heterocycles. The molecule has 0 amide bonds. The predicted molar refractivity (Wildman–Crippen MR) is 70.4 cm³/mol. The molecule has 2 aromatic carbocycles. The van der Waals surface area contributed by atoms with Gasteiger partial charge in [-0.05, 0) is 30.3 Å². The van der Waals surface area contributed by atoms with Crippen molar-refractivity contribution in [3.8, 4) is 17.2 Å². The van der Waals surface area contributed by atoms with Crippen molar-refractivity contribution in [2.75, 3.05) is 7.11 Å². The van der Waals surface area contributed by atoms with Crippen molar-refractivity contribution in [3.63, 3.8) is 0 Å². The van der Waals surface area contributed by atoms with Gasteiger partial charge >= 0.3 is 0 Å². The summed E-state index contributed by atoms with van der Waals surface area (Å²) < 4.78 is 24.1. The molecule has 0 aliphatic heterocycles. The second-order valence-electron chi connectivity index (χ2n) is 3.81. The minimum absolute atomic E-state index is 0.203. The van der Waals surface area contributed by atoms with Gasteiger partial charge in [-0.25, -0.2) is 4.39 Å². The molecule has 2 aromatic rings. The standard InChI is InChI=1S/C14H12ClFO3/c1-18-14-9(8-17)6-11(16)7-13(14)19-12-4-2-10(15)3-5-12/h2-7,17H,8H2,1H3. The topological polar surface area (TPSA) is 38.7 Å². The van der Waals surface area contributed by atoms with Crippen molar-refractivity contribution >= 4 is 11.6 Å². The summed E-state index contributed by atoms with van der Waals surface area (Å²) in [5, 5.41) is 9.76. The number of hydrogen-bond acceptors (Lipinski definition) is 3. The molecule has 0 fully saturated rings. The molecule has 0 spiro atoms. The Hall–Kier alpha value is -1.78. The molecule has 0 aliphatic rings. The average Bonchev–Trinajstić information content (AvgIpc) is 2.40. The smallest absolute Gasteiger partial charge is 0.172 e. The number of rotatable bonds is 4. The van der Waals surface area contributed by atoms with E-state index >= 15 is 0 Å². The predicted octanol–water partition coefficient (Wildman–Crippen LogP) is 3.77. The molecule has 0 heterocycles. The largest absolute Gasteiger partial charge is 0.492 e. The Balaban J connectivity index is 2.38. The van der Waals surface area contributed by atoms with Crippen molar-refractivity contribution in [2.24, 2.45) is 0 Å². The number of aliphatic hydroxyl groups is 1. The summed E-state index contributed by atoms with van der Waals surface area (Å²) in [5.41, 5.74) is 0.325. The molecular weight excluding hydrogens is 271 g/mol. The SMILES string of the molecule is COc1c(CO)cc(F)cc1Oc1ccc(Cl)cc1. The van der Waals surface area contributed by atoms with Gasteiger partial charge in [0.25, 0.3) is 0 Å². The van der Waals surface area contributed by atoms with E-state index in [4.69, 9.17) is 21.1 Å². The molecular formula is C14H12ClFO3. The highest BCUT2D eigenvalue weighted by atomic mass is 35.5. The molecule has 0 radical (unpaired) electrons. The molecule has 0 bridgehead atoms. The maximum absolute atomic E-state index is 13.4. The lowest BCUT2D eigenvalue weighted by Gasteiger charge is -2.13. The number of hydrogen-bond donors (Lipinski definition) is 1. The Morgan fingerprint density at radius 2 is 1.89 bits per heavy atom. The molecule has 1 N–H and O–H groups in total. The molecule has 19 heavy (non-hydrogen) atoms. The van der Waals surface area contributed by atoms with Crippen molar-refractivity contribution in [1.29, 1.82) is 0 Å². The molecule has 0 atom stereocenters. The van der Waals surface area contributed by atoms with Gasteiger partial charge in [-0.2, -0.15) is 0 Å². The number of aliphatic hydroxyl groups excluding tert-OH is 1. The summed E-state index contributed by atoms with van der Waals surface area (Å²) in [6.07, 6.45) is 0. The normalized spacial score (nSPS) is 10.3. The zero-order valence-electron chi connectivity index (χ0n) is 10.2. The third-order valence-electron chi connectivity index (χ3n) is 2.51. The number of ether oxygens (including phenoxy) is 2. The third kappa shape index (κ3) is 3.16. The zero-order valence-corrected chi connectivity index (χ0v) is 10.9. The van der Waals surface area contributed by atoms with Crippen LogP contribution in [0.3, 0.4) is 0 Å². The van der Waals surface area contributed by atoms with Crippen LogP contribution in [0.4, 0.5) is 4.39 Å². The average molecular weight is 283 g/mol. The second kappa shape index (κ2) is 5.91. The van der Waals surface area contributed by atoms with Gasteiger partial charge < -0.3 is 14.6 Å². The van der Waals surface area contributed by atoms with Crippen LogP contribution in [0.25, 0.3) is 0 Å². The fraction of sp³-hybridized carbons (Fsp3) is 0.143. The van der Waals surface area contributed by atoms with Gasteiger partial charge in [0.1, 0.15) is 11.6 Å². The number of methoxy groups -OCH3 is 1. The van der Waals surface area contributed by atoms with E-state index in [1.165, 1.54) is 19.2 Å². The maximum atomic E-state index is 13.4. The molecule has 0 aliphatic carbocycles. The molecule has 0 saturated heterocycles. The van der Waals surface area contributed by atoms with Crippen LogP contribution in [0.5, 0.6) is 17.2 Å². The highest BCUT2D eigenvalue weighted by Crippen LogP contribution is 2.35. The molecule has 0 saturated carbocycles. The van der Waals surface area contributed by atoms with Crippen LogP contribution in [0.15, 0.2) is 36.4 Å². The summed E-state index contributed by atoms with van der Waals surface area (Å²) in [7, 11) is 1.43. The van der Waals surface area contributed by atoms with Gasteiger partial charge in [0.05, 0.1) is 13.7 Å². The van der Waals surface area contributed by atoms with Crippen molar-refractivity contribution in [3.05, 3.63) is 52.8 Å². The highest BCUT2D eigenvalue weighted by molar-refractivity contribution is 6.30. The van der Waals surface area contributed by atoms with Crippen LogP contribution in [0.2, 0.25) is 5.02 Å². The van der Waals surface area contributed by atoms with E-state index in [1.807, 2.05) is 0 Å². The lowest BCUT2D eigenvalue weighted by Crippen LogP contribution is -1.97. The Labute approximate surface area is 115 Å². The van der Waals surface area contributed by atoms with Crippen LogP contribution < -0.4 is 9.47 Å². The molecule has 2 rings (SSSR count). The van der Waals surface area contributed by atoms with Gasteiger partial charge in [0.2, 0.25) is 0 Å². The van der Waals surface area contributed by atoms with Gasteiger partial charge in [0, 0.05) is 16.7 Å². The Morgan fingerprint density at radius 3 is 2.47 bits per heavy atom. The number of benzene rings is 2. The Morgan fingerprint density at radius 1 is 1.21 bits per heavy atom. The van der Waals surface area contributed by atoms with Gasteiger partial charge in [0.15, 0.2) is 11.5 Å². The van der Waals surface area contributed by atoms with E-state index in [0.29, 0.717) is 22.1 Å². The molecule has 0 unspecified atom stereocenters. The lowest BCUT2D eigenvalue weighted by molar-refractivity contribution is 0.270. The summed E-state index contributed by atoms with van der Waals surface area (Å²) in [5.74, 6) is 0.499. The van der Waals surface area contributed by atoms with Gasteiger partial charge in [-0.1, -0.05) is 11.6 Å². The van der Waals surface area contributed by atoms with E-state index in [-0.39, 0.29) is 12.4 Å². The van der Waals surface area contributed by atoms with Gasteiger partial charge in [-0.15, -0.1) is 0 Å². The van der Waals surface area contributed by atoms with Crippen LogP contribution in [-0.4, -0.2) is 12.2 Å². The van der Waals surface area contributed by atoms with E-state index in [1.54, 1.807) is 24.3 Å². The fourth-order valence-corrected chi connectivity index (χ4v) is 1.80. The quantitative estimate of drug-likeness (QED) is 0.928. The summed E-state index contributed by atoms with van der Waals surface area (Å²) in [6.45, 7) is -0.335. The van der Waals surface area contributed by atoms with E-state index in [0.717, 1.165) is 0 Å². The Kier molecular flexibility index (Phi) is 4.24. The first kappa shape index (κ1) is 13.6. The third-order valence-corrected chi connectivity index (χ3v) is 2.76. The van der Waals surface area contributed by atoms with Crippen LogP contribution in [-0.2, 0) is 6.61 Å². The van der Waals surface area contributed by atoms with Gasteiger partial charge in [-0.3, -0.25) is 0 Å². The minimum Gasteiger partial charge on any atom is -0.492 e. The lowest BCUT2D eigenvalue weighted by atomic mass is 10.2. The van der Waals surface area contributed by atoms with E-state index in [9.17, 15) is 9.50 Å². The first-order valence-electron chi connectivity index (χ1n) is 5.54. The van der Waals surface area contributed by atoms with Crippen molar-refractivity contribution in [1.82, 2.24) is 0 Å². The van der Waals surface area contributed by atoms with Crippen LogP contribution in [0.1, 0.15) is 5.56 Å². The maximum Gasteiger partial charge on any atom is 0.172 e. The first-order valence-corrected chi connectivity index (χ1v) is 5.92. The van der Waals surface area contributed by atoms with E-state index in [2.05, 4.69) is 0 Å². The second-order valence-corrected chi connectivity index (χ2v) is 4.25. The summed E-state index contributed by atoms with van der Waals surface area (Å²) >= 11 is 5.77. The van der Waals surface area contributed by atoms with Crippen LogP contribution >= 0.6 is 11.6 Å². The Bertz CT molecular complexity index is 570. The monoisotopic (exact) mass is 282 g/mol. The first-order chi connectivity index (χ1) is 9.13. The zero-order chi connectivity index (χ0) is 13.8. The molecule has 3 nitrogen and oxygen atoms in total. The summed E-state index contributed by atoms with van der Waals surface area (Å²) in [4.78, 5) is 0.